The minimum absolute atomic E-state index is 0.126. The van der Waals surface area contributed by atoms with Gasteiger partial charge in [-0.05, 0) is 48.9 Å². The van der Waals surface area contributed by atoms with Crippen LogP contribution in [0.5, 0.6) is 0 Å². The van der Waals surface area contributed by atoms with Gasteiger partial charge >= 0.3 is 0 Å². The van der Waals surface area contributed by atoms with Crippen molar-refractivity contribution in [3.05, 3.63) is 71.0 Å². The van der Waals surface area contributed by atoms with Gasteiger partial charge in [0.05, 0.1) is 0 Å². The zero-order valence-electron chi connectivity index (χ0n) is 11.8. The van der Waals surface area contributed by atoms with Crippen molar-refractivity contribution in [2.45, 2.75) is 38.3 Å². The largest absolute Gasteiger partial charge is 0.310 e. The fourth-order valence-electron chi connectivity index (χ4n) is 2.79. The molecule has 1 fully saturated rings. The molecule has 1 N–H and O–H groups in total. The first-order valence-electron chi connectivity index (χ1n) is 7.25. The van der Waals surface area contributed by atoms with E-state index in [-0.39, 0.29) is 5.82 Å². The van der Waals surface area contributed by atoms with E-state index >= 15 is 0 Å². The Balaban J connectivity index is 1.48. The summed E-state index contributed by atoms with van der Waals surface area (Å²) in [7, 11) is 0. The lowest BCUT2D eigenvalue weighted by molar-refractivity contribution is 0.289. The second-order valence-corrected chi connectivity index (χ2v) is 5.79. The number of benzene rings is 2. The number of hydrogen-bond donors (Lipinski definition) is 1. The van der Waals surface area contributed by atoms with Crippen molar-refractivity contribution in [2.24, 2.45) is 0 Å². The lowest BCUT2D eigenvalue weighted by Crippen LogP contribution is -2.39. The molecule has 0 radical (unpaired) electrons. The molecule has 2 aromatic rings. The molecule has 0 atom stereocenters. The Morgan fingerprint density at radius 2 is 1.85 bits per heavy atom. The Hall–Kier alpha value is -1.67. The highest BCUT2D eigenvalue weighted by molar-refractivity contribution is 5.24. The summed E-state index contributed by atoms with van der Waals surface area (Å²) in [5.74, 6) is 0.389. The van der Waals surface area contributed by atoms with Gasteiger partial charge in [-0.2, -0.15) is 0 Å². The number of aryl methyl sites for hydroxylation is 1. The molecule has 2 aromatic carbocycles. The summed E-state index contributed by atoms with van der Waals surface area (Å²) in [4.78, 5) is 0. The molecule has 1 aliphatic carbocycles. The molecule has 1 saturated carbocycles. The van der Waals surface area contributed by atoms with Gasteiger partial charge in [0.15, 0.2) is 0 Å². The van der Waals surface area contributed by atoms with E-state index in [0.717, 1.165) is 24.9 Å². The Morgan fingerprint density at radius 3 is 2.55 bits per heavy atom. The molecule has 0 unspecified atom stereocenters. The zero-order chi connectivity index (χ0) is 13.9. The fraction of sp³-hybridized carbons (Fsp3) is 0.333. The van der Waals surface area contributed by atoms with Crippen LogP contribution in [0.2, 0.25) is 0 Å². The fourth-order valence-corrected chi connectivity index (χ4v) is 2.79. The van der Waals surface area contributed by atoms with Crippen LogP contribution in [-0.4, -0.2) is 6.04 Å². The number of halogens is 1. The smallest absolute Gasteiger partial charge is 0.123 e. The van der Waals surface area contributed by atoms with Crippen LogP contribution in [-0.2, 0) is 6.54 Å². The maximum atomic E-state index is 13.2. The van der Waals surface area contributed by atoms with Crippen molar-refractivity contribution in [3.63, 3.8) is 0 Å². The van der Waals surface area contributed by atoms with E-state index in [1.807, 2.05) is 6.07 Å². The molecule has 1 nitrogen and oxygen atoms in total. The molecule has 0 heterocycles. The number of nitrogens with one attached hydrogen (secondary N) is 1. The van der Waals surface area contributed by atoms with Crippen LogP contribution in [0.1, 0.15) is 35.4 Å². The van der Waals surface area contributed by atoms with Crippen LogP contribution in [0.15, 0.2) is 48.5 Å². The van der Waals surface area contributed by atoms with Crippen LogP contribution in [0, 0.1) is 12.7 Å². The molecule has 0 bridgehead atoms. The molecule has 0 spiro atoms. The van der Waals surface area contributed by atoms with E-state index in [1.54, 1.807) is 12.1 Å². The van der Waals surface area contributed by atoms with Crippen LogP contribution in [0.3, 0.4) is 0 Å². The van der Waals surface area contributed by atoms with Crippen LogP contribution < -0.4 is 5.32 Å². The van der Waals surface area contributed by atoms with Crippen molar-refractivity contribution in [3.8, 4) is 0 Å². The molecule has 3 rings (SSSR count). The average Bonchev–Trinajstić information content (AvgIpc) is 2.39. The second kappa shape index (κ2) is 5.76. The molecule has 0 amide bonds. The van der Waals surface area contributed by atoms with Crippen molar-refractivity contribution in [1.29, 1.82) is 0 Å². The average molecular weight is 269 g/mol. The lowest BCUT2D eigenvalue weighted by Gasteiger charge is -2.36. The third-order valence-electron chi connectivity index (χ3n) is 4.17. The lowest BCUT2D eigenvalue weighted by atomic mass is 9.76. The molecule has 2 heteroatoms. The van der Waals surface area contributed by atoms with Gasteiger partial charge < -0.3 is 5.32 Å². The predicted octanol–water partition coefficient (Wildman–Crippen LogP) is 4.17. The summed E-state index contributed by atoms with van der Waals surface area (Å²) >= 11 is 0. The summed E-state index contributed by atoms with van der Waals surface area (Å²) in [6.45, 7) is 3.02. The molecule has 20 heavy (non-hydrogen) atoms. The van der Waals surface area contributed by atoms with E-state index in [1.165, 1.54) is 17.2 Å². The Bertz CT molecular complexity index is 570. The minimum Gasteiger partial charge on any atom is -0.310 e. The number of rotatable bonds is 4. The highest BCUT2D eigenvalue weighted by Gasteiger charge is 2.29. The SMILES string of the molecule is Cc1ccc(CNC2CC(c3cccc(F)c3)C2)cc1. The predicted molar refractivity (Wildman–Crippen MR) is 80.2 cm³/mol. The van der Waals surface area contributed by atoms with Crippen molar-refractivity contribution in [1.82, 2.24) is 5.32 Å². The van der Waals surface area contributed by atoms with Gasteiger partial charge in [-0.15, -0.1) is 0 Å². The van der Waals surface area contributed by atoms with E-state index in [0.29, 0.717) is 12.0 Å². The maximum Gasteiger partial charge on any atom is 0.123 e. The molecule has 1 aliphatic rings. The molecule has 0 aromatic heterocycles. The van der Waals surface area contributed by atoms with Gasteiger partial charge in [0.1, 0.15) is 5.82 Å². The van der Waals surface area contributed by atoms with Crippen molar-refractivity contribution >= 4 is 0 Å². The third kappa shape index (κ3) is 3.07. The Morgan fingerprint density at radius 1 is 1.10 bits per heavy atom. The van der Waals surface area contributed by atoms with Gasteiger partial charge in [-0.25, -0.2) is 4.39 Å². The van der Waals surface area contributed by atoms with E-state index < -0.39 is 0 Å². The highest BCUT2D eigenvalue weighted by atomic mass is 19.1. The molecular formula is C18H20FN. The minimum atomic E-state index is -0.126. The second-order valence-electron chi connectivity index (χ2n) is 5.79. The monoisotopic (exact) mass is 269 g/mol. The molecule has 0 saturated heterocycles. The van der Waals surface area contributed by atoms with Crippen LogP contribution in [0.4, 0.5) is 4.39 Å². The summed E-state index contributed by atoms with van der Waals surface area (Å²) < 4.78 is 13.2. The topological polar surface area (TPSA) is 12.0 Å². The van der Waals surface area contributed by atoms with Gasteiger partial charge in [0, 0.05) is 12.6 Å². The first-order chi connectivity index (χ1) is 9.70. The summed E-state index contributed by atoms with van der Waals surface area (Å²) in [6, 6.07) is 16.2. The van der Waals surface area contributed by atoms with E-state index in [4.69, 9.17) is 0 Å². The van der Waals surface area contributed by atoms with Crippen molar-refractivity contribution in [2.75, 3.05) is 0 Å². The Kier molecular flexibility index (Phi) is 3.83. The quantitative estimate of drug-likeness (QED) is 0.878. The number of hydrogen-bond acceptors (Lipinski definition) is 1. The van der Waals surface area contributed by atoms with Gasteiger partial charge in [0.2, 0.25) is 0 Å². The van der Waals surface area contributed by atoms with Gasteiger partial charge in [-0.1, -0.05) is 42.0 Å². The third-order valence-corrected chi connectivity index (χ3v) is 4.17. The van der Waals surface area contributed by atoms with Gasteiger partial charge in [-0.3, -0.25) is 0 Å². The first kappa shape index (κ1) is 13.3. The molecule has 104 valence electrons. The van der Waals surface area contributed by atoms with Crippen molar-refractivity contribution < 1.29 is 4.39 Å². The van der Waals surface area contributed by atoms with E-state index in [2.05, 4.69) is 36.5 Å². The molecule has 0 aliphatic heterocycles. The first-order valence-corrected chi connectivity index (χ1v) is 7.25. The summed E-state index contributed by atoms with van der Waals surface area (Å²) in [6.07, 6.45) is 2.21. The maximum absolute atomic E-state index is 13.2. The van der Waals surface area contributed by atoms with Crippen LogP contribution in [0.25, 0.3) is 0 Å². The zero-order valence-corrected chi connectivity index (χ0v) is 11.8. The van der Waals surface area contributed by atoms with Gasteiger partial charge in [0.25, 0.3) is 0 Å². The normalized spacial score (nSPS) is 21.5. The van der Waals surface area contributed by atoms with Crippen LogP contribution >= 0.6 is 0 Å². The van der Waals surface area contributed by atoms with E-state index in [9.17, 15) is 4.39 Å². The highest BCUT2D eigenvalue weighted by Crippen LogP contribution is 2.37. The summed E-state index contributed by atoms with van der Waals surface area (Å²) in [5, 5.41) is 3.58. The Labute approximate surface area is 119 Å². The molecular weight excluding hydrogens is 249 g/mol. The summed E-state index contributed by atoms with van der Waals surface area (Å²) in [5.41, 5.74) is 3.76. The standard InChI is InChI=1S/C18H20FN/c1-13-5-7-14(8-6-13)12-20-18-10-16(11-18)15-3-2-4-17(19)9-15/h2-9,16,18,20H,10-12H2,1H3.